The third-order valence-electron chi connectivity index (χ3n) is 4.42. The molecule has 1 saturated carbocycles. The first-order valence-corrected chi connectivity index (χ1v) is 8.44. The van der Waals surface area contributed by atoms with Crippen molar-refractivity contribution in [3.05, 3.63) is 0 Å². The van der Waals surface area contributed by atoms with Crippen LogP contribution in [-0.2, 0) is 0 Å². The molecule has 0 saturated heterocycles. The minimum atomic E-state index is 0.703. The van der Waals surface area contributed by atoms with E-state index in [4.69, 9.17) is 29.2 Å². The van der Waals surface area contributed by atoms with E-state index >= 15 is 0 Å². The van der Waals surface area contributed by atoms with Crippen LogP contribution in [0.3, 0.4) is 0 Å². The lowest BCUT2D eigenvalue weighted by molar-refractivity contribution is 0.952. The first-order chi connectivity index (χ1) is 12.2. The molecule has 10 N–H and O–H groups in total. The Kier molecular flexibility index (Phi) is 9.64. The van der Waals surface area contributed by atoms with Gasteiger partial charge in [-0.15, -0.1) is 0 Å². The minimum Gasteiger partial charge on any atom is -0.323 e. The van der Waals surface area contributed by atoms with Gasteiger partial charge >= 0.3 is 0 Å². The summed E-state index contributed by atoms with van der Waals surface area (Å²) in [4.78, 5) is 0. The third kappa shape index (κ3) is 7.64. The van der Waals surface area contributed by atoms with Crippen molar-refractivity contribution >= 4 is 28.6 Å². The molecule has 0 unspecified atom stereocenters. The molecule has 0 aromatic rings. The summed E-state index contributed by atoms with van der Waals surface area (Å²) in [6, 6.07) is 0. The quantitative estimate of drug-likeness (QED) is 0.312. The van der Waals surface area contributed by atoms with E-state index in [2.05, 4.69) is 25.5 Å². The summed E-state index contributed by atoms with van der Waals surface area (Å²) in [6.07, 6.45) is 7.03. The highest BCUT2D eigenvalue weighted by Gasteiger charge is 2.12. The van der Waals surface area contributed by atoms with E-state index in [1.54, 1.807) is 0 Å². The average Bonchev–Trinajstić information content (AvgIpc) is 2.65. The Balaban J connectivity index is 2.90. The van der Waals surface area contributed by atoms with Crippen molar-refractivity contribution in [3.63, 3.8) is 0 Å². The third-order valence-corrected chi connectivity index (χ3v) is 4.42. The zero-order valence-electron chi connectivity index (χ0n) is 14.7. The van der Waals surface area contributed by atoms with Crippen molar-refractivity contribution in [2.24, 2.45) is 54.7 Å². The van der Waals surface area contributed by atoms with E-state index in [-0.39, 0.29) is 0 Å². The SMILES string of the molecule is NN=C1CCC(=NN)CCC(=NN)CCC(=NN)CCC(=NN)CC1. The molecule has 140 valence electrons. The standard InChI is InChI=1S/C15H30N10/c16-21-11-1-2-12(22-17)5-6-14(24-19)9-10-15(25-20)8-7-13(23-18)4-3-11/h1-10,16-20H2. The van der Waals surface area contributed by atoms with Gasteiger partial charge in [-0.05, 0) is 64.2 Å². The summed E-state index contributed by atoms with van der Waals surface area (Å²) in [6.45, 7) is 0. The predicted molar refractivity (Wildman–Crippen MR) is 104 cm³/mol. The molecular formula is C15H30N10. The lowest BCUT2D eigenvalue weighted by Gasteiger charge is -2.08. The second-order valence-corrected chi connectivity index (χ2v) is 5.98. The van der Waals surface area contributed by atoms with Crippen LogP contribution in [0.4, 0.5) is 0 Å². The van der Waals surface area contributed by atoms with Crippen molar-refractivity contribution in [2.45, 2.75) is 64.2 Å². The summed E-state index contributed by atoms with van der Waals surface area (Å²) < 4.78 is 0. The Labute approximate surface area is 148 Å². The number of nitrogens with zero attached hydrogens (tertiary/aromatic N) is 5. The molecular weight excluding hydrogens is 320 g/mol. The van der Waals surface area contributed by atoms with Gasteiger partial charge in [0.05, 0.1) is 0 Å². The van der Waals surface area contributed by atoms with Gasteiger partial charge in [0.2, 0.25) is 0 Å². The van der Waals surface area contributed by atoms with Crippen LogP contribution in [0.2, 0.25) is 0 Å². The molecule has 0 aliphatic heterocycles. The van der Waals surface area contributed by atoms with Crippen LogP contribution in [0, 0.1) is 0 Å². The van der Waals surface area contributed by atoms with Crippen LogP contribution in [0.25, 0.3) is 0 Å². The Morgan fingerprint density at radius 1 is 0.320 bits per heavy atom. The number of hydrazone groups is 5. The summed E-state index contributed by atoms with van der Waals surface area (Å²) in [7, 11) is 0. The largest absolute Gasteiger partial charge is 0.323 e. The Bertz CT molecular complexity index is 413. The van der Waals surface area contributed by atoms with Crippen LogP contribution in [-0.4, -0.2) is 28.6 Å². The zero-order chi connectivity index (χ0) is 18.5. The number of rotatable bonds is 0. The highest BCUT2D eigenvalue weighted by atomic mass is 15.1. The molecule has 1 fully saturated rings. The van der Waals surface area contributed by atoms with Crippen LogP contribution >= 0.6 is 0 Å². The van der Waals surface area contributed by atoms with Crippen LogP contribution in [0.5, 0.6) is 0 Å². The summed E-state index contributed by atoms with van der Waals surface area (Å²) >= 11 is 0. The molecule has 10 heteroatoms. The Hall–Kier alpha value is -2.65. The van der Waals surface area contributed by atoms with Crippen molar-refractivity contribution in [1.29, 1.82) is 0 Å². The molecule has 0 radical (unpaired) electrons. The van der Waals surface area contributed by atoms with Gasteiger partial charge in [-0.1, -0.05) is 0 Å². The maximum absolute atomic E-state index is 5.50. The minimum absolute atomic E-state index is 0.703. The van der Waals surface area contributed by atoms with Crippen molar-refractivity contribution in [3.8, 4) is 0 Å². The van der Waals surface area contributed by atoms with E-state index in [1.165, 1.54) is 0 Å². The molecule has 1 aliphatic carbocycles. The van der Waals surface area contributed by atoms with Gasteiger partial charge in [0, 0.05) is 28.6 Å². The molecule has 1 aliphatic rings. The second-order valence-electron chi connectivity index (χ2n) is 5.98. The highest BCUT2D eigenvalue weighted by Crippen LogP contribution is 2.12. The monoisotopic (exact) mass is 350 g/mol. The molecule has 0 amide bonds. The molecule has 0 aromatic carbocycles. The molecule has 1 rings (SSSR count). The summed E-state index contributed by atoms with van der Waals surface area (Å²) in [5, 5.41) is 19.4. The maximum atomic E-state index is 5.50. The molecule has 0 bridgehead atoms. The van der Waals surface area contributed by atoms with Gasteiger partial charge in [-0.25, -0.2) is 0 Å². The lowest BCUT2D eigenvalue weighted by Crippen LogP contribution is -2.12. The fourth-order valence-electron chi connectivity index (χ4n) is 2.71. The van der Waals surface area contributed by atoms with Gasteiger partial charge < -0.3 is 29.2 Å². The van der Waals surface area contributed by atoms with Crippen molar-refractivity contribution in [2.75, 3.05) is 0 Å². The molecule has 0 spiro atoms. The molecule has 0 aromatic heterocycles. The van der Waals surface area contributed by atoms with Gasteiger partial charge in [0.15, 0.2) is 0 Å². The second kappa shape index (κ2) is 11.8. The smallest absolute Gasteiger partial charge is 0.0383 e. The Morgan fingerprint density at radius 2 is 0.440 bits per heavy atom. The Morgan fingerprint density at radius 3 is 0.520 bits per heavy atom. The van der Waals surface area contributed by atoms with Gasteiger partial charge in [0.1, 0.15) is 0 Å². The van der Waals surface area contributed by atoms with E-state index in [0.29, 0.717) is 64.2 Å². The predicted octanol–water partition coefficient (Wildman–Crippen LogP) is 0.475. The molecule has 10 nitrogen and oxygen atoms in total. The van der Waals surface area contributed by atoms with Crippen LogP contribution < -0.4 is 29.2 Å². The van der Waals surface area contributed by atoms with E-state index in [1.807, 2.05) is 0 Å². The highest BCUT2D eigenvalue weighted by molar-refractivity contribution is 5.98. The molecule has 25 heavy (non-hydrogen) atoms. The zero-order valence-corrected chi connectivity index (χ0v) is 14.7. The normalized spacial score (nSPS) is 18.8. The van der Waals surface area contributed by atoms with Crippen molar-refractivity contribution in [1.82, 2.24) is 0 Å². The fraction of sp³-hybridized carbons (Fsp3) is 0.667. The fourth-order valence-corrected chi connectivity index (χ4v) is 2.71. The van der Waals surface area contributed by atoms with Crippen molar-refractivity contribution < 1.29 is 0 Å². The maximum Gasteiger partial charge on any atom is 0.0383 e. The van der Waals surface area contributed by atoms with Gasteiger partial charge in [-0.3, -0.25) is 0 Å². The first kappa shape index (κ1) is 20.4. The lowest BCUT2D eigenvalue weighted by atomic mass is 10.0. The molecule has 0 heterocycles. The van der Waals surface area contributed by atoms with Crippen LogP contribution in [0.15, 0.2) is 25.5 Å². The summed E-state index contributed by atoms with van der Waals surface area (Å²) in [5.74, 6) is 27.5. The number of nitrogens with two attached hydrogens (primary N) is 5. The number of hydrogen-bond donors (Lipinski definition) is 5. The topological polar surface area (TPSA) is 192 Å². The first-order valence-electron chi connectivity index (χ1n) is 8.44. The van der Waals surface area contributed by atoms with Gasteiger partial charge in [0.25, 0.3) is 0 Å². The van der Waals surface area contributed by atoms with E-state index in [0.717, 1.165) is 28.6 Å². The molecule has 0 atom stereocenters. The average molecular weight is 350 g/mol. The van der Waals surface area contributed by atoms with E-state index < -0.39 is 0 Å². The van der Waals surface area contributed by atoms with E-state index in [9.17, 15) is 0 Å². The number of hydrogen-bond acceptors (Lipinski definition) is 10. The summed E-state index contributed by atoms with van der Waals surface area (Å²) in [5.41, 5.74) is 4.43. The van der Waals surface area contributed by atoms with Crippen LogP contribution in [0.1, 0.15) is 64.2 Å². The van der Waals surface area contributed by atoms with Gasteiger partial charge in [-0.2, -0.15) is 25.5 Å².